The minimum atomic E-state index is -1.02. The molecule has 0 aliphatic rings. The first kappa shape index (κ1) is 27.9. The zero-order valence-electron chi connectivity index (χ0n) is 21.7. The predicted octanol–water partition coefficient (Wildman–Crippen LogP) is 3.95. The minimum Gasteiger partial charge on any atom is -0.444 e. The van der Waals surface area contributed by atoms with E-state index < -0.39 is 29.6 Å². The van der Waals surface area contributed by atoms with Gasteiger partial charge < -0.3 is 25.4 Å². The van der Waals surface area contributed by atoms with Gasteiger partial charge in [-0.3, -0.25) is 9.59 Å². The number of carbonyl (C=O) groups excluding carboxylic acids is 3. The maximum absolute atomic E-state index is 13.7. The summed E-state index contributed by atoms with van der Waals surface area (Å²) in [7, 11) is 0. The number of carbonyl (C=O) groups is 3. The molecule has 0 aliphatic carbocycles. The summed E-state index contributed by atoms with van der Waals surface area (Å²) in [5.41, 5.74) is 4.23. The number of amides is 3. The minimum absolute atomic E-state index is 0.0902. The Bertz CT molecular complexity index is 1050. The Balaban J connectivity index is 2.44. The fourth-order valence-corrected chi connectivity index (χ4v) is 3.79. The number of hydrogen-bond donors (Lipinski definition) is 3. The third-order valence-corrected chi connectivity index (χ3v) is 5.67. The largest absolute Gasteiger partial charge is 0.444 e. The molecule has 2 rings (SSSR count). The molecule has 35 heavy (non-hydrogen) atoms. The highest BCUT2D eigenvalue weighted by Gasteiger charge is 2.33. The number of aliphatic hydroxyl groups is 1. The van der Waals surface area contributed by atoms with Crippen LogP contribution < -0.4 is 10.6 Å². The number of rotatable bonds is 8. The summed E-state index contributed by atoms with van der Waals surface area (Å²) in [6.07, 6.45) is -0.738. The molecule has 8 nitrogen and oxygen atoms in total. The van der Waals surface area contributed by atoms with E-state index in [0.717, 1.165) is 22.3 Å². The van der Waals surface area contributed by atoms with E-state index in [0.29, 0.717) is 11.3 Å². The first-order chi connectivity index (χ1) is 16.4. The summed E-state index contributed by atoms with van der Waals surface area (Å²) in [5, 5.41) is 15.2. The van der Waals surface area contributed by atoms with Crippen molar-refractivity contribution in [2.75, 3.05) is 25.0 Å². The van der Waals surface area contributed by atoms with Gasteiger partial charge in [-0.05, 0) is 76.3 Å². The molecule has 2 aromatic rings. The van der Waals surface area contributed by atoms with Gasteiger partial charge >= 0.3 is 6.09 Å². The summed E-state index contributed by atoms with van der Waals surface area (Å²) in [6.45, 7) is 12.0. The zero-order valence-corrected chi connectivity index (χ0v) is 21.7. The molecule has 8 heteroatoms. The maximum atomic E-state index is 13.7. The van der Waals surface area contributed by atoms with E-state index in [4.69, 9.17) is 4.74 Å². The van der Waals surface area contributed by atoms with Crippen LogP contribution in [0, 0.1) is 27.7 Å². The Kier molecular flexibility index (Phi) is 9.42. The number of alkyl carbamates (subject to hydrolysis) is 1. The number of hydrogen-bond acceptors (Lipinski definition) is 5. The van der Waals surface area contributed by atoms with E-state index in [1.807, 2.05) is 58.0 Å². The van der Waals surface area contributed by atoms with Crippen LogP contribution >= 0.6 is 0 Å². The molecule has 3 amide bonds. The molecule has 0 heterocycles. The first-order valence-corrected chi connectivity index (χ1v) is 11.7. The van der Waals surface area contributed by atoms with Crippen LogP contribution in [0.15, 0.2) is 36.4 Å². The SMILES string of the molecule is Cc1cccc(C(C(=O)Nc2c(C)cccc2C)N(CCO)C(=O)CNC(=O)OC(C)(C)C)c1C. The fourth-order valence-electron chi connectivity index (χ4n) is 3.79. The highest BCUT2D eigenvalue weighted by Crippen LogP contribution is 2.29. The van der Waals surface area contributed by atoms with E-state index in [-0.39, 0.29) is 19.7 Å². The quantitative estimate of drug-likeness (QED) is 0.527. The number of anilines is 1. The molecular formula is C27H37N3O5. The van der Waals surface area contributed by atoms with Crippen LogP contribution in [0.25, 0.3) is 0 Å². The molecule has 0 aromatic heterocycles. The standard InChI is InChI=1S/C27H37N3O5/c1-17-10-9-13-21(20(17)4)24(25(33)29-23-18(2)11-8-12-19(23)3)30(14-15-31)22(32)16-28-26(34)35-27(5,6)7/h8-13,24,31H,14-16H2,1-7H3,(H,28,34)(H,29,33). The van der Waals surface area contributed by atoms with Crippen molar-refractivity contribution in [2.45, 2.75) is 60.1 Å². The average molecular weight is 484 g/mol. The first-order valence-electron chi connectivity index (χ1n) is 11.7. The van der Waals surface area contributed by atoms with Crippen LogP contribution in [0.5, 0.6) is 0 Å². The van der Waals surface area contributed by atoms with Gasteiger partial charge in [0.15, 0.2) is 0 Å². The number of ether oxygens (including phenoxy) is 1. The van der Waals surface area contributed by atoms with Gasteiger partial charge in [0.2, 0.25) is 5.91 Å². The summed E-state index contributed by atoms with van der Waals surface area (Å²) in [4.78, 5) is 40.4. The van der Waals surface area contributed by atoms with Gasteiger partial charge in [-0.1, -0.05) is 36.4 Å². The van der Waals surface area contributed by atoms with Crippen molar-refractivity contribution in [2.24, 2.45) is 0 Å². The smallest absolute Gasteiger partial charge is 0.408 e. The van der Waals surface area contributed by atoms with Gasteiger partial charge in [0.05, 0.1) is 6.61 Å². The Morgan fingerprint density at radius 1 is 0.971 bits per heavy atom. The molecule has 0 bridgehead atoms. The number of benzene rings is 2. The number of nitrogens with zero attached hydrogens (tertiary/aromatic N) is 1. The molecule has 1 unspecified atom stereocenters. The predicted molar refractivity (Wildman–Crippen MR) is 136 cm³/mol. The van der Waals surface area contributed by atoms with Crippen molar-refractivity contribution in [3.63, 3.8) is 0 Å². The number of para-hydroxylation sites is 1. The Labute approximate surface area is 207 Å². The van der Waals surface area contributed by atoms with Crippen LogP contribution in [0.2, 0.25) is 0 Å². The normalized spacial score (nSPS) is 12.0. The topological polar surface area (TPSA) is 108 Å². The van der Waals surface area contributed by atoms with E-state index >= 15 is 0 Å². The van der Waals surface area contributed by atoms with Crippen molar-refractivity contribution in [3.8, 4) is 0 Å². The second kappa shape index (κ2) is 11.8. The third-order valence-electron chi connectivity index (χ3n) is 5.67. The van der Waals surface area contributed by atoms with Crippen LogP contribution in [0.1, 0.15) is 54.6 Å². The van der Waals surface area contributed by atoms with E-state index in [1.165, 1.54) is 4.90 Å². The summed E-state index contributed by atoms with van der Waals surface area (Å²) < 4.78 is 5.21. The Morgan fingerprint density at radius 2 is 1.54 bits per heavy atom. The van der Waals surface area contributed by atoms with Crippen LogP contribution in [0.3, 0.4) is 0 Å². The van der Waals surface area contributed by atoms with E-state index in [9.17, 15) is 19.5 Å². The molecule has 1 atom stereocenters. The summed E-state index contributed by atoms with van der Waals surface area (Å²) in [5.74, 6) is -0.928. The number of aryl methyl sites for hydroxylation is 3. The molecule has 2 aromatic carbocycles. The summed E-state index contributed by atoms with van der Waals surface area (Å²) in [6, 6.07) is 10.3. The van der Waals surface area contributed by atoms with Crippen molar-refractivity contribution in [1.29, 1.82) is 0 Å². The lowest BCUT2D eigenvalue weighted by atomic mass is 9.95. The van der Waals surface area contributed by atoms with Crippen molar-refractivity contribution in [1.82, 2.24) is 10.2 Å². The molecule has 0 saturated heterocycles. The fraction of sp³-hybridized carbons (Fsp3) is 0.444. The van der Waals surface area contributed by atoms with Gasteiger partial charge in [0.25, 0.3) is 5.91 Å². The Morgan fingerprint density at radius 3 is 2.11 bits per heavy atom. The second-order valence-corrected chi connectivity index (χ2v) is 9.61. The Hall–Kier alpha value is -3.39. The molecule has 0 aliphatic heterocycles. The highest BCUT2D eigenvalue weighted by atomic mass is 16.6. The van der Waals surface area contributed by atoms with Gasteiger partial charge in [-0.25, -0.2) is 4.79 Å². The van der Waals surface area contributed by atoms with Crippen LogP contribution in [-0.4, -0.2) is 53.2 Å². The number of aliphatic hydroxyl groups excluding tert-OH is 1. The lowest BCUT2D eigenvalue weighted by molar-refractivity contribution is -0.138. The lowest BCUT2D eigenvalue weighted by Crippen LogP contribution is -2.47. The van der Waals surface area contributed by atoms with Gasteiger partial charge in [0.1, 0.15) is 18.2 Å². The molecule has 0 fully saturated rings. The maximum Gasteiger partial charge on any atom is 0.408 e. The third kappa shape index (κ3) is 7.55. The van der Waals surface area contributed by atoms with Crippen molar-refractivity contribution >= 4 is 23.6 Å². The highest BCUT2D eigenvalue weighted by molar-refractivity contribution is 5.99. The van der Waals surface area contributed by atoms with Crippen molar-refractivity contribution in [3.05, 3.63) is 64.2 Å². The van der Waals surface area contributed by atoms with Gasteiger partial charge in [0, 0.05) is 12.2 Å². The average Bonchev–Trinajstić information content (AvgIpc) is 2.76. The van der Waals surface area contributed by atoms with Gasteiger partial charge in [-0.15, -0.1) is 0 Å². The molecule has 0 saturated carbocycles. The van der Waals surface area contributed by atoms with Crippen molar-refractivity contribution < 1.29 is 24.2 Å². The van der Waals surface area contributed by atoms with E-state index in [1.54, 1.807) is 26.8 Å². The second-order valence-electron chi connectivity index (χ2n) is 9.61. The molecule has 0 radical (unpaired) electrons. The summed E-state index contributed by atoms with van der Waals surface area (Å²) >= 11 is 0. The monoisotopic (exact) mass is 483 g/mol. The number of nitrogens with one attached hydrogen (secondary N) is 2. The zero-order chi connectivity index (χ0) is 26.3. The van der Waals surface area contributed by atoms with Crippen LogP contribution in [-0.2, 0) is 14.3 Å². The molecular weight excluding hydrogens is 446 g/mol. The molecule has 190 valence electrons. The molecule has 3 N–H and O–H groups in total. The van der Waals surface area contributed by atoms with Crippen LogP contribution in [0.4, 0.5) is 10.5 Å². The lowest BCUT2D eigenvalue weighted by Gasteiger charge is -2.32. The van der Waals surface area contributed by atoms with Gasteiger partial charge in [-0.2, -0.15) is 0 Å². The molecule has 0 spiro atoms. The van der Waals surface area contributed by atoms with E-state index in [2.05, 4.69) is 10.6 Å².